The molecule has 7 amide bonds. The molecular weight excluding hydrogens is 983 g/mol. The molecule has 1 aliphatic heterocycles. The van der Waals surface area contributed by atoms with Crippen molar-refractivity contribution in [2.45, 2.75) is 151 Å². The second-order valence-electron chi connectivity index (χ2n) is 18.4. The Kier molecular flexibility index (Phi) is 30.9. The fourth-order valence-corrected chi connectivity index (χ4v) is 8.25. The van der Waals surface area contributed by atoms with Gasteiger partial charge < -0.3 is 97.2 Å². The number of Topliss-reactive ketones (excluding diaryl/α,β-unsaturated/α-hetero) is 1. The number of hydrogen-bond acceptors (Lipinski definition) is 18. The van der Waals surface area contributed by atoms with Crippen molar-refractivity contribution in [3.63, 3.8) is 0 Å². The van der Waals surface area contributed by atoms with Crippen LogP contribution in [0.1, 0.15) is 102 Å². The van der Waals surface area contributed by atoms with Crippen LogP contribution in [0.5, 0.6) is 0 Å². The maximum Gasteiger partial charge on any atom is 0.306 e. The minimum absolute atomic E-state index is 0.00929. The van der Waals surface area contributed by atoms with Crippen molar-refractivity contribution in [1.82, 2.24) is 46.8 Å². The molecule has 0 radical (unpaired) electrons. The Labute approximate surface area is 436 Å². The molecule has 0 bridgehead atoms. The van der Waals surface area contributed by atoms with Gasteiger partial charge in [-0.15, -0.1) is 0 Å². The van der Waals surface area contributed by atoms with Gasteiger partial charge in [-0.25, -0.2) is 4.98 Å². The number of carboxylic acids is 1. The van der Waals surface area contributed by atoms with E-state index in [0.717, 1.165) is 0 Å². The number of amides is 7. The van der Waals surface area contributed by atoms with Crippen molar-refractivity contribution in [2.24, 2.45) is 51.0 Å². The molecule has 2 rings (SSSR count). The lowest BCUT2D eigenvalue weighted by Crippen LogP contribution is -2.61. The first-order valence-electron chi connectivity index (χ1n) is 25.5. The van der Waals surface area contributed by atoms with Gasteiger partial charge in [-0.1, -0.05) is 6.42 Å². The van der Waals surface area contributed by atoms with Crippen LogP contribution in [0.2, 0.25) is 0 Å². The number of ketones is 1. The number of aromatic amines is 1. The molecule has 424 valence electrons. The number of aromatic nitrogens is 2. The van der Waals surface area contributed by atoms with Gasteiger partial charge in [0, 0.05) is 51.0 Å². The summed E-state index contributed by atoms with van der Waals surface area (Å²) in [6, 6.07) is -8.81. The van der Waals surface area contributed by atoms with Gasteiger partial charge in [0.15, 0.2) is 11.7 Å². The molecule has 1 aromatic heterocycles. The van der Waals surface area contributed by atoms with Crippen molar-refractivity contribution in [2.75, 3.05) is 52.4 Å². The number of carboxylic acid groups (broad SMARTS) is 1. The van der Waals surface area contributed by atoms with Gasteiger partial charge in [-0.2, -0.15) is 0 Å². The van der Waals surface area contributed by atoms with Gasteiger partial charge in [-0.05, 0) is 103 Å². The molecule has 0 aliphatic carbocycles. The Morgan fingerprint density at radius 1 is 0.747 bits per heavy atom. The van der Waals surface area contributed by atoms with Gasteiger partial charge in [-0.3, -0.25) is 48.1 Å². The maximum atomic E-state index is 14.2. The number of H-pyrrole nitrogens is 1. The van der Waals surface area contributed by atoms with E-state index in [-0.39, 0.29) is 89.8 Å². The molecule has 1 aromatic rings. The Morgan fingerprint density at radius 2 is 1.41 bits per heavy atom. The average Bonchev–Trinajstić information content (AvgIpc) is 4.10. The number of nitrogens with zero attached hydrogens (tertiary/aromatic N) is 3. The minimum Gasteiger partial charge on any atom is -0.481 e. The highest BCUT2D eigenvalue weighted by molar-refractivity contribution is 5.97. The molecule has 1 fully saturated rings. The van der Waals surface area contributed by atoms with E-state index in [1.807, 2.05) is 0 Å². The zero-order valence-corrected chi connectivity index (χ0v) is 42.7. The van der Waals surface area contributed by atoms with Crippen molar-refractivity contribution in [3.05, 3.63) is 18.2 Å². The summed E-state index contributed by atoms with van der Waals surface area (Å²) in [6.45, 7) is -0.615. The van der Waals surface area contributed by atoms with Crippen molar-refractivity contribution < 1.29 is 58.5 Å². The van der Waals surface area contributed by atoms with E-state index in [0.29, 0.717) is 57.3 Å². The van der Waals surface area contributed by atoms with E-state index in [2.05, 4.69) is 46.9 Å². The minimum atomic E-state index is -1.64. The Balaban J connectivity index is 2.21. The van der Waals surface area contributed by atoms with E-state index < -0.39 is 127 Å². The molecule has 2 heterocycles. The van der Waals surface area contributed by atoms with Crippen molar-refractivity contribution >= 4 is 59.1 Å². The molecule has 0 spiro atoms. The van der Waals surface area contributed by atoms with E-state index in [1.165, 1.54) is 17.4 Å². The van der Waals surface area contributed by atoms with E-state index in [4.69, 9.17) is 40.1 Å². The first-order chi connectivity index (χ1) is 35.8. The van der Waals surface area contributed by atoms with Crippen LogP contribution in [0.3, 0.4) is 0 Å². The number of aliphatic carboxylic acids is 1. The molecule has 24 N–H and O–H groups in total. The molecule has 1 saturated heterocycles. The Bertz CT molecular complexity index is 1990. The van der Waals surface area contributed by atoms with Crippen LogP contribution >= 0.6 is 0 Å². The number of unbranched alkanes of at least 4 members (excludes halogenated alkanes) is 2. The summed E-state index contributed by atoms with van der Waals surface area (Å²) in [5, 5.41) is 45.2. The summed E-state index contributed by atoms with van der Waals surface area (Å²) in [7, 11) is 0. The number of aliphatic imine (C=N–C) groups is 1. The summed E-state index contributed by atoms with van der Waals surface area (Å²) in [5.74, 6) is -8.14. The van der Waals surface area contributed by atoms with E-state index in [1.54, 1.807) is 0 Å². The van der Waals surface area contributed by atoms with Crippen LogP contribution in [-0.4, -0.2) is 190 Å². The number of carbonyl (C=O) groups is 9. The highest BCUT2D eigenvalue weighted by Crippen LogP contribution is 2.21. The van der Waals surface area contributed by atoms with Gasteiger partial charge in [0.05, 0.1) is 37.0 Å². The molecule has 29 nitrogen and oxygen atoms in total. The maximum absolute atomic E-state index is 14.2. The summed E-state index contributed by atoms with van der Waals surface area (Å²) in [4.78, 5) is 133. The summed E-state index contributed by atoms with van der Waals surface area (Å²) >= 11 is 0. The quantitative estimate of drug-likeness (QED) is 0.0166. The second-order valence-corrected chi connectivity index (χ2v) is 18.4. The van der Waals surface area contributed by atoms with Crippen molar-refractivity contribution in [3.8, 4) is 0 Å². The number of imidazole rings is 1. The normalized spacial score (nSPS) is 16.4. The third kappa shape index (κ3) is 23.8. The van der Waals surface area contributed by atoms with Crippen LogP contribution in [0.15, 0.2) is 17.5 Å². The first kappa shape index (κ1) is 64.7. The molecule has 9 atom stereocenters. The average molecular weight is 1070 g/mol. The SMILES string of the molecule is NCCCC[C@H](NC(=O)[C@H](Cc1cnc[nH]1)NC(=O)[C@@H]1CCCN1C(=O)[C@@H](CCCN)NC(=O)CNC(=O)[C@H](CCO)NC(=O)[C@@H](NC(=O)[C@@H](N)CCCCN)[C@@H](O)CN)C(=O)CCC(CCCN=C(N)N)C(=O)O. The van der Waals surface area contributed by atoms with Gasteiger partial charge in [0.1, 0.15) is 30.2 Å². The van der Waals surface area contributed by atoms with E-state index in [9.17, 15) is 58.5 Å². The number of rotatable bonds is 39. The number of nitrogens with two attached hydrogens (primary N) is 7. The highest BCUT2D eigenvalue weighted by atomic mass is 16.4. The first-order valence-corrected chi connectivity index (χ1v) is 25.5. The molecule has 0 saturated carbocycles. The molecule has 75 heavy (non-hydrogen) atoms. The molecule has 0 aromatic carbocycles. The smallest absolute Gasteiger partial charge is 0.306 e. The fourth-order valence-electron chi connectivity index (χ4n) is 8.25. The monoisotopic (exact) mass is 1070 g/mol. The molecule has 1 aliphatic rings. The Hall–Kier alpha value is -6.37. The number of aliphatic hydroxyl groups excluding tert-OH is 2. The summed E-state index contributed by atoms with van der Waals surface area (Å²) in [6.07, 6.45) is 4.61. The number of aliphatic hydroxyl groups is 2. The van der Waals surface area contributed by atoms with Gasteiger partial charge in [0.2, 0.25) is 41.4 Å². The summed E-state index contributed by atoms with van der Waals surface area (Å²) < 4.78 is 0. The van der Waals surface area contributed by atoms with Crippen LogP contribution in [0.25, 0.3) is 0 Å². The third-order valence-electron chi connectivity index (χ3n) is 12.5. The number of nitrogens with one attached hydrogen (secondary N) is 7. The number of likely N-dealkylation sites (tertiary alicyclic amines) is 1. The lowest BCUT2D eigenvalue weighted by Gasteiger charge is -2.30. The molecule has 1 unspecified atom stereocenters. The van der Waals surface area contributed by atoms with Crippen LogP contribution in [0.4, 0.5) is 0 Å². The number of guanidine groups is 1. The van der Waals surface area contributed by atoms with E-state index >= 15 is 0 Å². The predicted molar refractivity (Wildman–Crippen MR) is 274 cm³/mol. The predicted octanol–water partition coefficient (Wildman–Crippen LogP) is -6.39. The highest BCUT2D eigenvalue weighted by Gasteiger charge is 2.40. The zero-order chi connectivity index (χ0) is 55.9. The largest absolute Gasteiger partial charge is 0.481 e. The number of hydrogen-bond donors (Lipinski definition) is 17. The second kappa shape index (κ2) is 35.8. The summed E-state index contributed by atoms with van der Waals surface area (Å²) in [5.41, 5.74) is 39.7. The topological polar surface area (TPSA) is 513 Å². The third-order valence-corrected chi connectivity index (χ3v) is 12.5. The lowest BCUT2D eigenvalue weighted by atomic mass is 9.93. The van der Waals surface area contributed by atoms with Crippen molar-refractivity contribution in [1.29, 1.82) is 0 Å². The molecular formula is C46H83N17O12. The van der Waals surface area contributed by atoms with Gasteiger partial charge in [0.25, 0.3) is 0 Å². The van der Waals surface area contributed by atoms with Gasteiger partial charge >= 0.3 is 5.97 Å². The molecule has 29 heteroatoms. The number of carbonyl (C=O) groups excluding carboxylic acids is 8. The van der Waals surface area contributed by atoms with Crippen LogP contribution in [0, 0.1) is 5.92 Å². The van der Waals surface area contributed by atoms with Crippen LogP contribution in [-0.2, 0) is 49.6 Å². The lowest BCUT2D eigenvalue weighted by molar-refractivity contribution is -0.143. The zero-order valence-electron chi connectivity index (χ0n) is 42.7. The van der Waals surface area contributed by atoms with Crippen LogP contribution < -0.4 is 72.0 Å². The standard InChI is InChI=1S/C46H83N17O12/c47-16-3-1-9-29(51)39(68)62-38(36(66)23-50)43(72)60-31(15-21-64)40(69)56-25-37(67)58-32(11-5-18-49)44(73)63-20-7-12-34(63)42(71)61-33(22-28-24-54-26-57-28)41(70)59-30(10-2-4-17-48)35(65)14-13-27(45(74)75)8-6-19-55-46(52)53/h24,26-27,29-34,36,38,64,66H,1-23,25,47-51H2,(H,54,57)(H,56,69)(H,58,67)(H,59,70)(H,60,72)(H,61,71)(H,62,68)(H,74,75)(H4,52,53,55)/t27?,29-,30-,31-,32+,33-,34-,36-,38-/m0/s1. The fraction of sp³-hybridized carbons (Fsp3) is 0.717. The Morgan fingerprint density at radius 3 is 2.03 bits per heavy atom.